The minimum Gasteiger partial charge on any atom is -0.420 e. The Morgan fingerprint density at radius 3 is 2.43 bits per heavy atom. The van der Waals surface area contributed by atoms with Crippen molar-refractivity contribution < 1.29 is 4.74 Å². The lowest BCUT2D eigenvalue weighted by Gasteiger charge is -2.08. The zero-order valence-corrected chi connectivity index (χ0v) is 11.2. The third kappa shape index (κ3) is 2.09. The second kappa shape index (κ2) is 4.87. The Balaban J connectivity index is 1.92. The van der Waals surface area contributed by atoms with Crippen LogP contribution in [0.4, 0.5) is 0 Å². The predicted octanol–water partition coefficient (Wildman–Crippen LogP) is 4.58. The van der Waals surface area contributed by atoms with Gasteiger partial charge in [-0.2, -0.15) is 0 Å². The molecule has 0 spiro atoms. The minimum absolute atomic E-state index is 0.547. The summed E-state index contributed by atoms with van der Waals surface area (Å²) in [5.74, 6) is 1.13. The van der Waals surface area contributed by atoms with Gasteiger partial charge in [-0.15, -0.1) is 0 Å². The van der Waals surface area contributed by atoms with Crippen LogP contribution < -0.4 is 4.74 Å². The highest BCUT2D eigenvalue weighted by atomic mass is 16.5. The number of hydrogen-bond acceptors (Lipinski definition) is 3. The Hall–Kier alpha value is -2.94. The molecule has 0 fully saturated rings. The standard InChI is InChI=1S/C18H12N2O/c1-2-6-14-13(5-1)8-9-16-15(14)10-12-20-18(16)21-17-7-3-4-11-19-17/h1-12H. The summed E-state index contributed by atoms with van der Waals surface area (Å²) in [4.78, 5) is 8.53. The average Bonchev–Trinajstić information content (AvgIpc) is 2.56. The van der Waals surface area contributed by atoms with E-state index in [1.165, 1.54) is 10.8 Å². The highest BCUT2D eigenvalue weighted by Gasteiger charge is 2.07. The van der Waals surface area contributed by atoms with Gasteiger partial charge in [0.05, 0.1) is 0 Å². The third-order valence-corrected chi connectivity index (χ3v) is 3.47. The Bertz CT molecular complexity index is 920. The van der Waals surface area contributed by atoms with E-state index in [0.717, 1.165) is 10.8 Å². The fraction of sp³-hybridized carbons (Fsp3) is 0. The fourth-order valence-electron chi connectivity index (χ4n) is 2.50. The molecule has 21 heavy (non-hydrogen) atoms. The molecule has 0 amide bonds. The molecule has 0 saturated carbocycles. The van der Waals surface area contributed by atoms with Crippen molar-refractivity contribution in [2.75, 3.05) is 0 Å². The van der Waals surface area contributed by atoms with E-state index in [1.807, 2.05) is 42.5 Å². The molecule has 0 saturated heterocycles. The predicted molar refractivity (Wildman–Crippen MR) is 83.6 cm³/mol. The van der Waals surface area contributed by atoms with Gasteiger partial charge in [-0.1, -0.05) is 36.4 Å². The molecule has 0 N–H and O–H groups in total. The molecule has 4 rings (SSSR count). The van der Waals surface area contributed by atoms with Gasteiger partial charge in [-0.05, 0) is 34.4 Å². The van der Waals surface area contributed by atoms with Crippen LogP contribution in [0.25, 0.3) is 21.5 Å². The molecule has 0 unspecified atom stereocenters. The second-order valence-corrected chi connectivity index (χ2v) is 4.77. The van der Waals surface area contributed by atoms with Gasteiger partial charge in [0.25, 0.3) is 0 Å². The van der Waals surface area contributed by atoms with Gasteiger partial charge in [-0.3, -0.25) is 0 Å². The first-order valence-electron chi connectivity index (χ1n) is 6.77. The lowest BCUT2D eigenvalue weighted by atomic mass is 10.0. The first-order chi connectivity index (χ1) is 10.4. The lowest BCUT2D eigenvalue weighted by Crippen LogP contribution is -1.91. The monoisotopic (exact) mass is 272 g/mol. The topological polar surface area (TPSA) is 35.0 Å². The molecule has 4 aromatic rings. The van der Waals surface area contributed by atoms with Gasteiger partial charge in [0.2, 0.25) is 11.8 Å². The van der Waals surface area contributed by atoms with Crippen molar-refractivity contribution in [1.82, 2.24) is 9.97 Å². The molecule has 0 aliphatic heterocycles. The zero-order chi connectivity index (χ0) is 14.1. The molecular formula is C18H12N2O. The van der Waals surface area contributed by atoms with E-state index < -0.39 is 0 Å². The molecule has 2 aromatic heterocycles. The molecular weight excluding hydrogens is 260 g/mol. The number of hydrogen-bond donors (Lipinski definition) is 0. The molecule has 2 aromatic carbocycles. The summed E-state index contributed by atoms with van der Waals surface area (Å²) in [6.45, 7) is 0. The quantitative estimate of drug-likeness (QED) is 0.501. The van der Waals surface area contributed by atoms with E-state index in [1.54, 1.807) is 12.4 Å². The number of aromatic nitrogens is 2. The van der Waals surface area contributed by atoms with E-state index in [2.05, 4.69) is 28.2 Å². The smallest absolute Gasteiger partial charge is 0.229 e. The summed E-state index contributed by atoms with van der Waals surface area (Å²) in [6, 6.07) is 20.0. The van der Waals surface area contributed by atoms with Crippen LogP contribution in [0.5, 0.6) is 11.8 Å². The van der Waals surface area contributed by atoms with Gasteiger partial charge in [0.1, 0.15) is 0 Å². The van der Waals surface area contributed by atoms with Crippen LogP contribution >= 0.6 is 0 Å². The maximum Gasteiger partial charge on any atom is 0.229 e. The number of ether oxygens (including phenoxy) is 1. The summed E-state index contributed by atoms with van der Waals surface area (Å²) in [5, 5.41) is 4.53. The maximum absolute atomic E-state index is 5.82. The normalized spacial score (nSPS) is 10.9. The number of fused-ring (bicyclic) bond motifs is 3. The number of benzene rings is 2. The molecule has 100 valence electrons. The van der Waals surface area contributed by atoms with Gasteiger partial charge in [0.15, 0.2) is 0 Å². The van der Waals surface area contributed by atoms with Crippen molar-refractivity contribution in [1.29, 1.82) is 0 Å². The summed E-state index contributed by atoms with van der Waals surface area (Å²) in [6.07, 6.45) is 3.48. The van der Waals surface area contributed by atoms with E-state index >= 15 is 0 Å². The van der Waals surface area contributed by atoms with Gasteiger partial charge in [-0.25, -0.2) is 9.97 Å². The van der Waals surface area contributed by atoms with Crippen molar-refractivity contribution in [3.05, 3.63) is 73.1 Å². The molecule has 0 aliphatic carbocycles. The second-order valence-electron chi connectivity index (χ2n) is 4.77. The number of pyridine rings is 2. The van der Waals surface area contributed by atoms with Crippen molar-refractivity contribution in [3.8, 4) is 11.8 Å². The SMILES string of the molecule is c1ccc(Oc2nccc3c2ccc2ccccc23)nc1. The van der Waals surface area contributed by atoms with Crippen LogP contribution in [-0.2, 0) is 0 Å². The molecule has 3 nitrogen and oxygen atoms in total. The highest BCUT2D eigenvalue weighted by molar-refractivity contribution is 6.08. The van der Waals surface area contributed by atoms with Crippen molar-refractivity contribution in [2.45, 2.75) is 0 Å². The largest absolute Gasteiger partial charge is 0.420 e. The van der Waals surface area contributed by atoms with Crippen LogP contribution in [0, 0.1) is 0 Å². The number of nitrogens with zero attached hydrogens (tertiary/aromatic N) is 2. The van der Waals surface area contributed by atoms with Crippen molar-refractivity contribution >= 4 is 21.5 Å². The summed E-state index contributed by atoms with van der Waals surface area (Å²) >= 11 is 0. The molecule has 0 radical (unpaired) electrons. The molecule has 2 heterocycles. The maximum atomic E-state index is 5.82. The Labute approximate surface area is 121 Å². The molecule has 0 bridgehead atoms. The first-order valence-corrected chi connectivity index (χ1v) is 6.77. The summed E-state index contributed by atoms with van der Waals surface area (Å²) < 4.78 is 5.82. The van der Waals surface area contributed by atoms with E-state index in [0.29, 0.717) is 11.8 Å². The van der Waals surface area contributed by atoms with Crippen LogP contribution in [0.1, 0.15) is 0 Å². The molecule has 3 heteroatoms. The summed E-state index contributed by atoms with van der Waals surface area (Å²) in [5.41, 5.74) is 0. The van der Waals surface area contributed by atoms with E-state index in [-0.39, 0.29) is 0 Å². The van der Waals surface area contributed by atoms with Crippen LogP contribution in [0.2, 0.25) is 0 Å². The first kappa shape index (κ1) is 11.9. The Morgan fingerprint density at radius 2 is 1.52 bits per heavy atom. The Kier molecular flexibility index (Phi) is 2.75. The van der Waals surface area contributed by atoms with Gasteiger partial charge < -0.3 is 4.74 Å². The average molecular weight is 272 g/mol. The number of rotatable bonds is 2. The third-order valence-electron chi connectivity index (χ3n) is 3.47. The van der Waals surface area contributed by atoms with Gasteiger partial charge in [0, 0.05) is 23.8 Å². The lowest BCUT2D eigenvalue weighted by molar-refractivity contribution is 0.450. The highest BCUT2D eigenvalue weighted by Crippen LogP contribution is 2.31. The Morgan fingerprint density at radius 1 is 0.619 bits per heavy atom. The van der Waals surface area contributed by atoms with Crippen LogP contribution in [0.3, 0.4) is 0 Å². The molecule has 0 aliphatic rings. The molecule has 0 atom stereocenters. The van der Waals surface area contributed by atoms with Crippen LogP contribution in [-0.4, -0.2) is 9.97 Å². The minimum atomic E-state index is 0.547. The van der Waals surface area contributed by atoms with E-state index in [4.69, 9.17) is 4.74 Å². The van der Waals surface area contributed by atoms with Crippen LogP contribution in [0.15, 0.2) is 73.1 Å². The zero-order valence-electron chi connectivity index (χ0n) is 11.2. The van der Waals surface area contributed by atoms with Gasteiger partial charge >= 0.3 is 0 Å². The fourth-order valence-corrected chi connectivity index (χ4v) is 2.50. The summed E-state index contributed by atoms with van der Waals surface area (Å²) in [7, 11) is 0. The van der Waals surface area contributed by atoms with Crippen molar-refractivity contribution in [3.63, 3.8) is 0 Å². The van der Waals surface area contributed by atoms with Crippen molar-refractivity contribution in [2.24, 2.45) is 0 Å². The van der Waals surface area contributed by atoms with E-state index in [9.17, 15) is 0 Å².